The third-order valence-corrected chi connectivity index (χ3v) is 7.06. The molecule has 0 bridgehead atoms. The van der Waals surface area contributed by atoms with Crippen molar-refractivity contribution in [1.29, 1.82) is 0 Å². The van der Waals surface area contributed by atoms with E-state index >= 15 is 0 Å². The number of piperidine rings is 1. The van der Waals surface area contributed by atoms with Crippen LogP contribution in [0.4, 0.5) is 15.9 Å². The minimum absolute atomic E-state index is 0.216. The van der Waals surface area contributed by atoms with Gasteiger partial charge in [0.1, 0.15) is 23.5 Å². The number of aromatic nitrogens is 1. The van der Waals surface area contributed by atoms with Crippen LogP contribution in [-0.4, -0.2) is 55.2 Å². The van der Waals surface area contributed by atoms with Gasteiger partial charge in [0.25, 0.3) is 0 Å². The molecule has 0 unspecified atom stereocenters. The summed E-state index contributed by atoms with van der Waals surface area (Å²) in [5, 5.41) is 2.06. The average Bonchev–Trinajstić information content (AvgIpc) is 3.27. The molecule has 2 aliphatic heterocycles. The van der Waals surface area contributed by atoms with E-state index in [4.69, 9.17) is 9.40 Å². The Balaban J connectivity index is 1.07. The fourth-order valence-electron chi connectivity index (χ4n) is 5.25. The first kappa shape index (κ1) is 19.6. The number of hydrogen-bond acceptors (Lipinski definition) is 5. The molecule has 2 aromatic heterocycles. The lowest BCUT2D eigenvalue weighted by Gasteiger charge is -2.43. The number of para-hydroxylation sites is 1. The van der Waals surface area contributed by atoms with Gasteiger partial charge in [0.15, 0.2) is 0 Å². The topological polar surface area (TPSA) is 35.8 Å². The van der Waals surface area contributed by atoms with Crippen LogP contribution in [0.2, 0.25) is 0 Å². The molecular weight excluding hydrogens is 403 g/mol. The molecule has 4 aromatic rings. The summed E-state index contributed by atoms with van der Waals surface area (Å²) in [6.45, 7) is 6.03. The highest BCUT2D eigenvalue weighted by atomic mass is 19.1. The van der Waals surface area contributed by atoms with E-state index in [-0.39, 0.29) is 5.82 Å². The first-order valence-corrected chi connectivity index (χ1v) is 11.5. The Bertz CT molecular complexity index is 1240. The first-order valence-electron chi connectivity index (χ1n) is 11.5. The SMILES string of the molecule is Fc1ccc2occ(N3CCN(C4CCN(c5ccc6ccccc6n5)CC4)CC3)c2c1. The summed E-state index contributed by atoms with van der Waals surface area (Å²) in [4.78, 5) is 12.3. The molecule has 0 spiro atoms. The highest BCUT2D eigenvalue weighted by Gasteiger charge is 2.29. The molecule has 2 fully saturated rings. The number of nitrogens with zero attached hydrogens (tertiary/aromatic N) is 4. The van der Waals surface area contributed by atoms with Gasteiger partial charge < -0.3 is 14.2 Å². The third kappa shape index (κ3) is 3.58. The van der Waals surface area contributed by atoms with Gasteiger partial charge in [-0.3, -0.25) is 4.90 Å². The van der Waals surface area contributed by atoms with Crippen LogP contribution in [0.5, 0.6) is 0 Å². The van der Waals surface area contributed by atoms with Crippen molar-refractivity contribution < 1.29 is 8.81 Å². The van der Waals surface area contributed by atoms with Crippen LogP contribution in [0.15, 0.2) is 65.3 Å². The lowest BCUT2D eigenvalue weighted by molar-refractivity contribution is 0.160. The van der Waals surface area contributed by atoms with Crippen molar-refractivity contribution in [2.24, 2.45) is 0 Å². The number of hydrogen-bond donors (Lipinski definition) is 0. The summed E-state index contributed by atoms with van der Waals surface area (Å²) in [5.41, 5.74) is 2.82. The Kier molecular flexibility index (Phi) is 4.95. The molecular formula is C26H27FN4O. The molecule has 6 heteroatoms. The number of benzene rings is 2. The van der Waals surface area contributed by atoms with Crippen molar-refractivity contribution in [3.05, 3.63) is 66.7 Å². The zero-order valence-electron chi connectivity index (χ0n) is 18.1. The van der Waals surface area contributed by atoms with Crippen LogP contribution in [-0.2, 0) is 0 Å². The molecule has 4 heterocycles. The quantitative estimate of drug-likeness (QED) is 0.462. The lowest BCUT2D eigenvalue weighted by atomic mass is 10.0. The maximum atomic E-state index is 13.7. The van der Waals surface area contributed by atoms with Gasteiger partial charge >= 0.3 is 0 Å². The summed E-state index contributed by atoms with van der Waals surface area (Å²) in [6, 6.07) is 18.0. The molecule has 0 atom stereocenters. The Morgan fingerprint density at radius 2 is 1.66 bits per heavy atom. The number of fused-ring (bicyclic) bond motifs is 2. The van der Waals surface area contributed by atoms with Crippen molar-refractivity contribution >= 4 is 33.4 Å². The van der Waals surface area contributed by atoms with Gasteiger partial charge in [0.05, 0.1) is 11.2 Å². The molecule has 0 radical (unpaired) electrons. The first-order chi connectivity index (χ1) is 15.7. The highest BCUT2D eigenvalue weighted by Crippen LogP contribution is 2.31. The monoisotopic (exact) mass is 430 g/mol. The van der Waals surface area contributed by atoms with E-state index in [1.165, 1.54) is 11.5 Å². The number of anilines is 2. The molecule has 0 saturated carbocycles. The average molecular weight is 431 g/mol. The minimum atomic E-state index is -0.216. The molecule has 32 heavy (non-hydrogen) atoms. The molecule has 0 aliphatic carbocycles. The fourth-order valence-corrected chi connectivity index (χ4v) is 5.25. The van der Waals surface area contributed by atoms with Gasteiger partial charge in [-0.2, -0.15) is 0 Å². The van der Waals surface area contributed by atoms with Gasteiger partial charge in [-0.15, -0.1) is 0 Å². The predicted octanol–water partition coefficient (Wildman–Crippen LogP) is 4.91. The van der Waals surface area contributed by atoms with Gasteiger partial charge in [0, 0.05) is 56.1 Å². The molecule has 6 rings (SSSR count). The second kappa shape index (κ2) is 8.10. The predicted molar refractivity (Wildman–Crippen MR) is 127 cm³/mol. The van der Waals surface area contributed by atoms with Crippen LogP contribution >= 0.6 is 0 Å². The normalized spacial score (nSPS) is 18.7. The molecule has 2 aromatic carbocycles. The van der Waals surface area contributed by atoms with Crippen LogP contribution < -0.4 is 9.80 Å². The van der Waals surface area contributed by atoms with Crippen molar-refractivity contribution in [2.75, 3.05) is 49.1 Å². The summed E-state index contributed by atoms with van der Waals surface area (Å²) in [7, 11) is 0. The minimum Gasteiger partial charge on any atom is -0.462 e. The van der Waals surface area contributed by atoms with Gasteiger partial charge in [0.2, 0.25) is 0 Å². The number of piperazine rings is 1. The smallest absolute Gasteiger partial charge is 0.136 e. The van der Waals surface area contributed by atoms with Crippen LogP contribution in [0.1, 0.15) is 12.8 Å². The molecule has 0 N–H and O–H groups in total. The van der Waals surface area contributed by atoms with Crippen molar-refractivity contribution in [1.82, 2.24) is 9.88 Å². The van der Waals surface area contributed by atoms with E-state index < -0.39 is 0 Å². The number of furan rings is 1. The number of halogens is 1. The standard InChI is InChI=1S/C26H27FN4O/c27-20-6-7-25-22(17-20)24(18-32-25)30-15-13-29(14-16-30)21-9-11-31(12-10-21)26-8-5-19-3-1-2-4-23(19)28-26/h1-8,17-18,21H,9-16H2. The van der Waals surface area contributed by atoms with E-state index in [1.54, 1.807) is 18.4 Å². The second-order valence-corrected chi connectivity index (χ2v) is 8.86. The van der Waals surface area contributed by atoms with Crippen molar-refractivity contribution in [3.63, 3.8) is 0 Å². The maximum absolute atomic E-state index is 13.7. The Morgan fingerprint density at radius 3 is 2.50 bits per heavy atom. The van der Waals surface area contributed by atoms with E-state index in [1.807, 2.05) is 6.07 Å². The largest absolute Gasteiger partial charge is 0.462 e. The Labute approximate surface area is 187 Å². The number of rotatable bonds is 3. The summed E-state index contributed by atoms with van der Waals surface area (Å²) < 4.78 is 19.4. The molecule has 2 saturated heterocycles. The zero-order valence-corrected chi connectivity index (χ0v) is 18.1. The van der Waals surface area contributed by atoms with Crippen LogP contribution in [0.25, 0.3) is 21.9 Å². The second-order valence-electron chi connectivity index (χ2n) is 8.86. The Hall–Kier alpha value is -3.12. The molecule has 0 amide bonds. The zero-order chi connectivity index (χ0) is 21.5. The van der Waals surface area contributed by atoms with Crippen LogP contribution in [0, 0.1) is 5.82 Å². The van der Waals surface area contributed by atoms with E-state index in [0.29, 0.717) is 6.04 Å². The van der Waals surface area contributed by atoms with Crippen molar-refractivity contribution in [2.45, 2.75) is 18.9 Å². The van der Waals surface area contributed by atoms with E-state index in [9.17, 15) is 4.39 Å². The fraction of sp³-hybridized carbons (Fsp3) is 0.346. The molecule has 2 aliphatic rings. The van der Waals surface area contributed by atoms with Crippen LogP contribution in [0.3, 0.4) is 0 Å². The van der Waals surface area contributed by atoms with Gasteiger partial charge in [-0.1, -0.05) is 18.2 Å². The number of pyridine rings is 1. The van der Waals surface area contributed by atoms with Crippen molar-refractivity contribution in [3.8, 4) is 0 Å². The third-order valence-electron chi connectivity index (χ3n) is 7.06. The highest BCUT2D eigenvalue weighted by molar-refractivity contribution is 5.91. The summed E-state index contributed by atoms with van der Waals surface area (Å²) >= 11 is 0. The van der Waals surface area contributed by atoms with E-state index in [0.717, 1.165) is 80.1 Å². The Morgan fingerprint density at radius 1 is 0.844 bits per heavy atom. The maximum Gasteiger partial charge on any atom is 0.136 e. The van der Waals surface area contributed by atoms with Gasteiger partial charge in [-0.05, 0) is 49.2 Å². The summed E-state index contributed by atoms with van der Waals surface area (Å²) in [6.07, 6.45) is 4.09. The molecule has 164 valence electrons. The lowest BCUT2D eigenvalue weighted by Crippen LogP contribution is -2.53. The van der Waals surface area contributed by atoms with Gasteiger partial charge in [-0.25, -0.2) is 9.37 Å². The molecule has 5 nitrogen and oxygen atoms in total. The van der Waals surface area contributed by atoms with E-state index in [2.05, 4.69) is 45.0 Å². The summed E-state index contributed by atoms with van der Waals surface area (Å²) in [5.74, 6) is 0.873.